The summed E-state index contributed by atoms with van der Waals surface area (Å²) in [5.41, 5.74) is 1.81. The summed E-state index contributed by atoms with van der Waals surface area (Å²) >= 11 is 12.7. The zero-order valence-corrected chi connectivity index (χ0v) is 13.1. The Labute approximate surface area is 127 Å². The lowest BCUT2D eigenvalue weighted by Crippen LogP contribution is -2.01. The van der Waals surface area contributed by atoms with Crippen LogP contribution in [0, 0.1) is 5.82 Å². The zero-order chi connectivity index (χ0) is 13.1. The van der Waals surface area contributed by atoms with Crippen molar-refractivity contribution in [1.82, 2.24) is 0 Å². The number of anilines is 1. The first-order valence-electron chi connectivity index (χ1n) is 5.19. The summed E-state index contributed by atoms with van der Waals surface area (Å²) in [6, 6.07) is 10.6. The highest BCUT2D eigenvalue weighted by atomic mass is 79.9. The summed E-state index contributed by atoms with van der Waals surface area (Å²) in [4.78, 5) is 0. The van der Waals surface area contributed by atoms with Crippen LogP contribution in [0.5, 0.6) is 0 Å². The van der Waals surface area contributed by atoms with Crippen LogP contribution in [-0.2, 0) is 6.54 Å². The van der Waals surface area contributed by atoms with Gasteiger partial charge in [0.05, 0.1) is 10.7 Å². The lowest BCUT2D eigenvalue weighted by molar-refractivity contribution is 0.627. The van der Waals surface area contributed by atoms with Crippen molar-refractivity contribution in [1.29, 1.82) is 0 Å². The van der Waals surface area contributed by atoms with E-state index in [4.69, 9.17) is 11.6 Å². The summed E-state index contributed by atoms with van der Waals surface area (Å²) < 4.78 is 14.7. The average Bonchev–Trinajstić information content (AvgIpc) is 2.30. The van der Waals surface area contributed by atoms with Crippen LogP contribution >= 0.6 is 43.5 Å². The van der Waals surface area contributed by atoms with Crippen LogP contribution in [0.1, 0.15) is 5.56 Å². The fourth-order valence-electron chi connectivity index (χ4n) is 1.50. The fourth-order valence-corrected chi connectivity index (χ4v) is 2.73. The minimum absolute atomic E-state index is 0.360. The molecular weight excluding hydrogens is 384 g/mol. The maximum atomic E-state index is 13.1. The van der Waals surface area contributed by atoms with E-state index in [0.29, 0.717) is 21.7 Å². The van der Waals surface area contributed by atoms with Gasteiger partial charge < -0.3 is 5.32 Å². The van der Waals surface area contributed by atoms with Crippen molar-refractivity contribution in [3.63, 3.8) is 0 Å². The van der Waals surface area contributed by atoms with Crippen molar-refractivity contribution in [2.45, 2.75) is 6.54 Å². The molecule has 0 saturated heterocycles. The van der Waals surface area contributed by atoms with Crippen LogP contribution in [0.3, 0.4) is 0 Å². The van der Waals surface area contributed by atoms with Gasteiger partial charge in [0, 0.05) is 15.5 Å². The van der Waals surface area contributed by atoms with Gasteiger partial charge in [-0.3, -0.25) is 0 Å². The second kappa shape index (κ2) is 6.04. The molecule has 1 N–H and O–H groups in total. The summed E-state index contributed by atoms with van der Waals surface area (Å²) in [5, 5.41) is 3.54. The Hall–Kier alpha value is -0.580. The van der Waals surface area contributed by atoms with Gasteiger partial charge in [0.1, 0.15) is 5.82 Å². The van der Waals surface area contributed by atoms with Gasteiger partial charge in [-0.1, -0.05) is 39.7 Å². The Kier molecular flexibility index (Phi) is 4.65. The van der Waals surface area contributed by atoms with Gasteiger partial charge in [-0.25, -0.2) is 4.39 Å². The molecule has 0 atom stereocenters. The standard InChI is InChI=1S/C13H9Br2ClFN/c14-9-3-1-8(2-4-9)7-18-13-11(15)5-10(17)6-12(13)16/h1-6,18H,7H2. The third-order valence-corrected chi connectivity index (χ3v) is 3.84. The highest BCUT2D eigenvalue weighted by Gasteiger charge is 2.07. The first-order valence-corrected chi connectivity index (χ1v) is 7.15. The average molecular weight is 393 g/mol. The second-order valence-corrected chi connectivity index (χ2v) is 5.90. The monoisotopic (exact) mass is 391 g/mol. The number of halogens is 4. The molecule has 0 heterocycles. The minimum atomic E-state index is -0.360. The number of benzene rings is 2. The Morgan fingerprint density at radius 3 is 2.39 bits per heavy atom. The number of hydrogen-bond donors (Lipinski definition) is 1. The molecule has 0 radical (unpaired) electrons. The Morgan fingerprint density at radius 1 is 1.11 bits per heavy atom. The maximum absolute atomic E-state index is 13.1. The largest absolute Gasteiger partial charge is 0.379 e. The van der Waals surface area contributed by atoms with E-state index in [1.807, 2.05) is 24.3 Å². The van der Waals surface area contributed by atoms with Crippen LogP contribution in [0.25, 0.3) is 0 Å². The molecule has 2 rings (SSSR count). The molecule has 5 heteroatoms. The molecule has 0 unspecified atom stereocenters. The first kappa shape index (κ1) is 13.8. The van der Waals surface area contributed by atoms with Crippen LogP contribution in [0.4, 0.5) is 10.1 Å². The highest BCUT2D eigenvalue weighted by Crippen LogP contribution is 2.32. The molecule has 2 aromatic carbocycles. The predicted octanol–water partition coefficient (Wildman–Crippen LogP) is 5.62. The van der Waals surface area contributed by atoms with Gasteiger partial charge in [0.15, 0.2) is 0 Å². The molecule has 94 valence electrons. The Balaban J connectivity index is 2.13. The number of nitrogens with one attached hydrogen (secondary N) is 1. The van der Waals surface area contributed by atoms with E-state index in [2.05, 4.69) is 37.2 Å². The molecule has 0 amide bonds. The second-order valence-electron chi connectivity index (χ2n) is 3.72. The van der Waals surface area contributed by atoms with Gasteiger partial charge in [0.25, 0.3) is 0 Å². The number of rotatable bonds is 3. The molecule has 18 heavy (non-hydrogen) atoms. The lowest BCUT2D eigenvalue weighted by Gasteiger charge is -2.11. The highest BCUT2D eigenvalue weighted by molar-refractivity contribution is 9.10. The van der Waals surface area contributed by atoms with Crippen LogP contribution in [-0.4, -0.2) is 0 Å². The van der Waals surface area contributed by atoms with Crippen molar-refractivity contribution in [2.24, 2.45) is 0 Å². The predicted molar refractivity (Wildman–Crippen MR) is 80.6 cm³/mol. The van der Waals surface area contributed by atoms with Crippen LogP contribution in [0.2, 0.25) is 5.02 Å². The van der Waals surface area contributed by atoms with E-state index < -0.39 is 0 Å². The molecule has 0 fully saturated rings. The van der Waals surface area contributed by atoms with Gasteiger partial charge in [-0.05, 0) is 45.8 Å². The Bertz CT molecular complexity index is 534. The van der Waals surface area contributed by atoms with Crippen LogP contribution in [0.15, 0.2) is 45.3 Å². The normalized spacial score (nSPS) is 10.4. The van der Waals surface area contributed by atoms with Crippen molar-refractivity contribution in [2.75, 3.05) is 5.32 Å². The summed E-state index contributed by atoms with van der Waals surface area (Å²) in [6.07, 6.45) is 0. The zero-order valence-electron chi connectivity index (χ0n) is 9.18. The molecule has 0 aliphatic carbocycles. The van der Waals surface area contributed by atoms with Crippen molar-refractivity contribution in [3.8, 4) is 0 Å². The van der Waals surface area contributed by atoms with E-state index in [1.165, 1.54) is 12.1 Å². The van der Waals surface area contributed by atoms with E-state index in [9.17, 15) is 4.39 Å². The van der Waals surface area contributed by atoms with Crippen LogP contribution < -0.4 is 5.32 Å². The van der Waals surface area contributed by atoms with Crippen molar-refractivity contribution in [3.05, 3.63) is 61.7 Å². The van der Waals surface area contributed by atoms with Gasteiger partial charge in [-0.15, -0.1) is 0 Å². The maximum Gasteiger partial charge on any atom is 0.125 e. The Morgan fingerprint density at radius 2 is 1.78 bits per heavy atom. The minimum Gasteiger partial charge on any atom is -0.379 e. The molecule has 0 aliphatic heterocycles. The summed E-state index contributed by atoms with van der Waals surface area (Å²) in [7, 11) is 0. The lowest BCUT2D eigenvalue weighted by atomic mass is 10.2. The molecule has 1 nitrogen and oxygen atoms in total. The summed E-state index contributed by atoms with van der Waals surface area (Å²) in [5.74, 6) is -0.360. The molecular formula is C13H9Br2ClFN. The first-order chi connectivity index (χ1) is 8.56. The molecule has 0 aliphatic rings. The molecule has 0 spiro atoms. The molecule has 2 aromatic rings. The fraction of sp³-hybridized carbons (Fsp3) is 0.0769. The van der Waals surface area contributed by atoms with Gasteiger partial charge in [0.2, 0.25) is 0 Å². The van der Waals surface area contributed by atoms with E-state index in [1.54, 1.807) is 0 Å². The molecule has 0 aromatic heterocycles. The quantitative estimate of drug-likeness (QED) is 0.714. The van der Waals surface area contributed by atoms with Gasteiger partial charge >= 0.3 is 0 Å². The third kappa shape index (κ3) is 3.46. The smallest absolute Gasteiger partial charge is 0.125 e. The molecule has 0 bridgehead atoms. The SMILES string of the molecule is Fc1cc(Cl)c(NCc2ccc(Br)cc2)c(Br)c1. The topological polar surface area (TPSA) is 12.0 Å². The third-order valence-electron chi connectivity index (χ3n) is 2.39. The van der Waals surface area contributed by atoms with E-state index in [-0.39, 0.29) is 5.82 Å². The van der Waals surface area contributed by atoms with Gasteiger partial charge in [-0.2, -0.15) is 0 Å². The molecule has 0 saturated carbocycles. The van der Waals surface area contributed by atoms with E-state index >= 15 is 0 Å². The summed E-state index contributed by atoms with van der Waals surface area (Å²) in [6.45, 7) is 0.622. The van der Waals surface area contributed by atoms with E-state index in [0.717, 1.165) is 10.0 Å². The van der Waals surface area contributed by atoms with Crippen molar-refractivity contribution < 1.29 is 4.39 Å². The number of hydrogen-bond acceptors (Lipinski definition) is 1. The van der Waals surface area contributed by atoms with Crippen molar-refractivity contribution >= 4 is 49.1 Å².